The van der Waals surface area contributed by atoms with E-state index in [1.807, 2.05) is 30.3 Å². The topological polar surface area (TPSA) is 84.2 Å². The van der Waals surface area contributed by atoms with Crippen LogP contribution in [-0.4, -0.2) is 24.4 Å². The number of hydrogen-bond donors (Lipinski definition) is 3. The minimum atomic E-state index is -0.309. The first kappa shape index (κ1) is 14.5. The van der Waals surface area contributed by atoms with Gasteiger partial charge in [0.1, 0.15) is 0 Å². The monoisotopic (exact) mass is 275 g/mol. The molecule has 1 atom stereocenters. The molecule has 1 aromatic carbocycles. The van der Waals surface area contributed by atoms with Crippen LogP contribution >= 0.6 is 0 Å². The molecule has 0 bridgehead atoms. The van der Waals surface area contributed by atoms with E-state index in [9.17, 15) is 9.59 Å². The third kappa shape index (κ3) is 5.01. The van der Waals surface area contributed by atoms with Crippen molar-refractivity contribution in [2.45, 2.75) is 37.8 Å². The van der Waals surface area contributed by atoms with Crippen LogP contribution in [0.15, 0.2) is 30.3 Å². The summed E-state index contributed by atoms with van der Waals surface area (Å²) in [6.45, 7) is 0.360. The maximum atomic E-state index is 11.7. The number of nitrogens with two attached hydrogens (primary N) is 1. The van der Waals surface area contributed by atoms with Crippen LogP contribution in [0.2, 0.25) is 0 Å². The van der Waals surface area contributed by atoms with Gasteiger partial charge in [0.05, 0.1) is 0 Å². The van der Waals surface area contributed by atoms with Crippen molar-refractivity contribution in [1.82, 2.24) is 10.6 Å². The van der Waals surface area contributed by atoms with E-state index in [4.69, 9.17) is 5.73 Å². The third-order valence-electron chi connectivity index (χ3n) is 3.25. The van der Waals surface area contributed by atoms with Gasteiger partial charge in [-0.3, -0.25) is 9.59 Å². The minimum absolute atomic E-state index is 0.000146. The largest absolute Gasteiger partial charge is 0.356 e. The van der Waals surface area contributed by atoms with Crippen LogP contribution in [0.5, 0.6) is 0 Å². The number of carbonyl (C=O) groups excluding carboxylic acids is 2. The van der Waals surface area contributed by atoms with Gasteiger partial charge in [-0.2, -0.15) is 0 Å². The van der Waals surface area contributed by atoms with Gasteiger partial charge in [0, 0.05) is 31.5 Å². The zero-order chi connectivity index (χ0) is 14.4. The summed E-state index contributed by atoms with van der Waals surface area (Å²) in [5, 5.41) is 5.61. The smallest absolute Gasteiger partial charge is 0.221 e. The van der Waals surface area contributed by atoms with Gasteiger partial charge in [0.2, 0.25) is 11.8 Å². The van der Waals surface area contributed by atoms with Crippen LogP contribution in [0.4, 0.5) is 0 Å². The fraction of sp³-hybridized carbons (Fsp3) is 0.467. The van der Waals surface area contributed by atoms with E-state index in [0.717, 1.165) is 18.4 Å². The predicted octanol–water partition coefficient (Wildman–Crippen LogP) is 0.861. The van der Waals surface area contributed by atoms with E-state index in [2.05, 4.69) is 10.6 Å². The van der Waals surface area contributed by atoms with Crippen LogP contribution < -0.4 is 16.4 Å². The molecule has 1 aliphatic carbocycles. The van der Waals surface area contributed by atoms with Crippen molar-refractivity contribution < 1.29 is 9.59 Å². The highest BCUT2D eigenvalue weighted by atomic mass is 16.2. The van der Waals surface area contributed by atoms with E-state index in [0.29, 0.717) is 19.0 Å². The van der Waals surface area contributed by atoms with E-state index >= 15 is 0 Å². The van der Waals surface area contributed by atoms with Gasteiger partial charge in [-0.1, -0.05) is 30.3 Å². The number of amides is 2. The second-order valence-corrected chi connectivity index (χ2v) is 5.16. The highest BCUT2D eigenvalue weighted by Gasteiger charge is 2.22. The summed E-state index contributed by atoms with van der Waals surface area (Å²) in [5.74, 6) is -0.124. The van der Waals surface area contributed by atoms with Gasteiger partial charge in [0.25, 0.3) is 0 Å². The molecule has 0 heterocycles. The molecule has 0 spiro atoms. The maximum Gasteiger partial charge on any atom is 0.221 e. The zero-order valence-electron chi connectivity index (χ0n) is 11.5. The molecule has 20 heavy (non-hydrogen) atoms. The highest BCUT2D eigenvalue weighted by Crippen LogP contribution is 2.18. The molecule has 108 valence electrons. The first-order valence-corrected chi connectivity index (χ1v) is 7.02. The van der Waals surface area contributed by atoms with Crippen molar-refractivity contribution >= 4 is 11.8 Å². The predicted molar refractivity (Wildman–Crippen MR) is 76.8 cm³/mol. The molecule has 4 N–H and O–H groups in total. The van der Waals surface area contributed by atoms with Gasteiger partial charge in [-0.25, -0.2) is 0 Å². The Labute approximate surface area is 118 Å². The van der Waals surface area contributed by atoms with Gasteiger partial charge < -0.3 is 16.4 Å². The Morgan fingerprint density at radius 3 is 2.55 bits per heavy atom. The molecule has 5 nitrogen and oxygen atoms in total. The quantitative estimate of drug-likeness (QED) is 0.690. The normalized spacial score (nSPS) is 15.4. The molecule has 0 aromatic heterocycles. The number of hydrogen-bond acceptors (Lipinski definition) is 3. The zero-order valence-corrected chi connectivity index (χ0v) is 11.5. The lowest BCUT2D eigenvalue weighted by atomic mass is 10.0. The molecule has 1 fully saturated rings. The summed E-state index contributed by atoms with van der Waals surface area (Å²) < 4.78 is 0. The Morgan fingerprint density at radius 1 is 1.20 bits per heavy atom. The van der Waals surface area contributed by atoms with Crippen LogP contribution in [0.25, 0.3) is 0 Å². The average Bonchev–Trinajstić information content (AvgIpc) is 3.23. The fourth-order valence-electron chi connectivity index (χ4n) is 1.93. The standard InChI is InChI=1S/C15H21N3O2/c16-13(11-4-2-1-3-5-11)10-15(20)17-9-8-14(19)18-12-6-7-12/h1-5,12-13H,6-10,16H2,(H,17,20)(H,18,19). The molecule has 0 aliphatic heterocycles. The molecule has 2 amide bonds. The molecule has 1 unspecified atom stereocenters. The molecule has 2 rings (SSSR count). The van der Waals surface area contributed by atoms with Gasteiger partial charge >= 0.3 is 0 Å². The van der Waals surface area contributed by atoms with Crippen LogP contribution in [-0.2, 0) is 9.59 Å². The fourth-order valence-corrected chi connectivity index (χ4v) is 1.93. The van der Waals surface area contributed by atoms with Crippen LogP contribution in [0.1, 0.15) is 37.3 Å². The molecule has 0 saturated heterocycles. The summed E-state index contributed by atoms with van der Waals surface area (Å²) >= 11 is 0. The molecular weight excluding hydrogens is 254 g/mol. The van der Waals surface area contributed by atoms with Crippen molar-refractivity contribution in [2.75, 3.05) is 6.54 Å². The molecule has 0 radical (unpaired) electrons. The van der Waals surface area contributed by atoms with Crippen molar-refractivity contribution in [2.24, 2.45) is 5.73 Å². The van der Waals surface area contributed by atoms with Crippen molar-refractivity contribution in [1.29, 1.82) is 0 Å². The summed E-state index contributed by atoms with van der Waals surface area (Å²) in [6.07, 6.45) is 2.70. The summed E-state index contributed by atoms with van der Waals surface area (Å²) in [7, 11) is 0. The molecular formula is C15H21N3O2. The highest BCUT2D eigenvalue weighted by molar-refractivity contribution is 5.79. The number of benzene rings is 1. The lowest BCUT2D eigenvalue weighted by Crippen LogP contribution is -2.33. The molecule has 1 aromatic rings. The van der Waals surface area contributed by atoms with Crippen LogP contribution in [0.3, 0.4) is 0 Å². The number of carbonyl (C=O) groups is 2. The summed E-state index contributed by atoms with van der Waals surface area (Å²) in [4.78, 5) is 23.2. The Bertz CT molecular complexity index is 457. The first-order valence-electron chi connectivity index (χ1n) is 7.02. The molecule has 5 heteroatoms. The molecule has 1 saturated carbocycles. The SMILES string of the molecule is NC(CC(=O)NCCC(=O)NC1CC1)c1ccccc1. The van der Waals surface area contributed by atoms with Crippen molar-refractivity contribution in [3.8, 4) is 0 Å². The van der Waals surface area contributed by atoms with Gasteiger partial charge in [-0.15, -0.1) is 0 Å². The Hall–Kier alpha value is -1.88. The van der Waals surface area contributed by atoms with E-state index in [1.165, 1.54) is 0 Å². The second kappa shape index (κ2) is 7.05. The third-order valence-corrected chi connectivity index (χ3v) is 3.25. The molecule has 1 aliphatic rings. The Balaban J connectivity index is 1.63. The maximum absolute atomic E-state index is 11.7. The van der Waals surface area contributed by atoms with Crippen molar-refractivity contribution in [3.05, 3.63) is 35.9 Å². The van der Waals surface area contributed by atoms with Gasteiger partial charge in [0.15, 0.2) is 0 Å². The first-order chi connectivity index (χ1) is 9.65. The lowest BCUT2D eigenvalue weighted by molar-refractivity contribution is -0.122. The van der Waals surface area contributed by atoms with Gasteiger partial charge in [-0.05, 0) is 18.4 Å². The number of nitrogens with one attached hydrogen (secondary N) is 2. The second-order valence-electron chi connectivity index (χ2n) is 5.16. The minimum Gasteiger partial charge on any atom is -0.356 e. The van der Waals surface area contributed by atoms with E-state index < -0.39 is 0 Å². The van der Waals surface area contributed by atoms with Crippen LogP contribution in [0, 0.1) is 0 Å². The number of rotatable bonds is 7. The van der Waals surface area contributed by atoms with E-state index in [1.54, 1.807) is 0 Å². The Morgan fingerprint density at radius 2 is 1.90 bits per heavy atom. The van der Waals surface area contributed by atoms with E-state index in [-0.39, 0.29) is 24.3 Å². The Kier molecular flexibility index (Phi) is 5.12. The summed E-state index contributed by atoms with van der Waals surface area (Å²) in [6, 6.07) is 9.57. The van der Waals surface area contributed by atoms with Crippen molar-refractivity contribution in [3.63, 3.8) is 0 Å². The lowest BCUT2D eigenvalue weighted by Gasteiger charge is -2.12. The average molecular weight is 275 g/mol. The summed E-state index contributed by atoms with van der Waals surface area (Å²) in [5.41, 5.74) is 6.90.